The molecule has 0 saturated carbocycles. The van der Waals surface area contributed by atoms with E-state index >= 15 is 4.39 Å². The first kappa shape index (κ1) is 39.1. The molecule has 0 fully saturated rings. The van der Waals surface area contributed by atoms with E-state index in [4.69, 9.17) is 34.8 Å². The average molecular weight is 774 g/mol. The molecule has 49 heavy (non-hydrogen) atoms. The number of aromatic nitrogens is 2. The Labute approximate surface area is 305 Å². The Kier molecular flexibility index (Phi) is 12.8. The van der Waals surface area contributed by atoms with E-state index < -0.39 is 44.0 Å². The third kappa shape index (κ3) is 8.97. The molecular formula is C34H37Cl3F2N4O4S2. The Morgan fingerprint density at radius 2 is 1.65 bits per heavy atom. The van der Waals surface area contributed by atoms with Gasteiger partial charge in [-0.05, 0) is 94.0 Å². The molecular weight excluding hydrogens is 737 g/mol. The lowest BCUT2D eigenvalue weighted by atomic mass is 9.81. The maximum atomic E-state index is 15.7. The van der Waals surface area contributed by atoms with Gasteiger partial charge in [-0.15, -0.1) is 0 Å². The van der Waals surface area contributed by atoms with Gasteiger partial charge in [0.05, 0.1) is 26.8 Å². The van der Waals surface area contributed by atoms with E-state index in [9.17, 15) is 22.7 Å². The van der Waals surface area contributed by atoms with E-state index in [-0.39, 0.29) is 22.8 Å². The second kappa shape index (κ2) is 16.1. The zero-order valence-electron chi connectivity index (χ0n) is 27.6. The van der Waals surface area contributed by atoms with Crippen LogP contribution in [0.2, 0.25) is 15.1 Å². The summed E-state index contributed by atoms with van der Waals surface area (Å²) in [6.07, 6.45) is 2.94. The monoisotopic (exact) mass is 772 g/mol. The number of unbranched alkanes of at least 4 members (excludes halogenated alkanes) is 1. The van der Waals surface area contributed by atoms with Gasteiger partial charge in [-0.2, -0.15) is 4.31 Å². The number of benzene rings is 3. The van der Waals surface area contributed by atoms with Crippen LogP contribution in [0.5, 0.6) is 0 Å². The van der Waals surface area contributed by atoms with Crippen LogP contribution < -0.4 is 0 Å². The minimum Gasteiger partial charge on any atom is -0.480 e. The van der Waals surface area contributed by atoms with E-state index in [1.807, 2.05) is 43.5 Å². The molecule has 0 amide bonds. The number of likely N-dealkylation sites (N-methyl/N-ethyl adjacent to an activating group) is 1. The van der Waals surface area contributed by atoms with Crippen molar-refractivity contribution in [2.75, 3.05) is 27.7 Å². The molecule has 4 rings (SSSR count). The van der Waals surface area contributed by atoms with E-state index in [0.29, 0.717) is 33.7 Å². The summed E-state index contributed by atoms with van der Waals surface area (Å²) in [6, 6.07) is 11.8. The fourth-order valence-electron chi connectivity index (χ4n) is 5.31. The number of aliphatic carboxylic acids is 1. The quantitative estimate of drug-likeness (QED) is 0.0956. The highest BCUT2D eigenvalue weighted by molar-refractivity contribution is 7.98. The van der Waals surface area contributed by atoms with Gasteiger partial charge in [0.2, 0.25) is 10.0 Å². The molecule has 0 aliphatic rings. The van der Waals surface area contributed by atoms with E-state index in [2.05, 4.69) is 4.98 Å². The fraction of sp³-hybridized carbons (Fsp3) is 0.353. The summed E-state index contributed by atoms with van der Waals surface area (Å²) in [6.45, 7) is 4.68. The average Bonchev–Trinajstić information content (AvgIpc) is 3.46. The molecule has 264 valence electrons. The van der Waals surface area contributed by atoms with Crippen molar-refractivity contribution in [3.05, 3.63) is 104 Å². The van der Waals surface area contributed by atoms with Crippen molar-refractivity contribution in [3.63, 3.8) is 0 Å². The predicted octanol–water partition coefficient (Wildman–Crippen LogP) is 8.53. The lowest BCUT2D eigenvalue weighted by molar-refractivity contribution is -0.141. The summed E-state index contributed by atoms with van der Waals surface area (Å²) in [5, 5.41) is 10.9. The predicted molar refractivity (Wildman–Crippen MR) is 192 cm³/mol. The molecule has 1 aromatic heterocycles. The van der Waals surface area contributed by atoms with Crippen LogP contribution in [0.25, 0.3) is 5.69 Å². The van der Waals surface area contributed by atoms with Crippen molar-refractivity contribution in [1.82, 2.24) is 18.8 Å². The molecule has 4 aromatic rings. The summed E-state index contributed by atoms with van der Waals surface area (Å²) < 4.78 is 59.1. The second-order valence-corrected chi connectivity index (χ2v) is 16.5. The fourth-order valence-corrected chi connectivity index (χ4v) is 8.44. The van der Waals surface area contributed by atoms with Crippen molar-refractivity contribution in [1.29, 1.82) is 0 Å². The van der Waals surface area contributed by atoms with Crippen molar-refractivity contribution in [2.45, 2.75) is 60.4 Å². The molecule has 1 atom stereocenters. The van der Waals surface area contributed by atoms with Gasteiger partial charge in [-0.1, -0.05) is 66.5 Å². The number of thioether (sulfide) groups is 1. The largest absolute Gasteiger partial charge is 0.480 e. The van der Waals surface area contributed by atoms with Crippen LogP contribution in [0.3, 0.4) is 0 Å². The number of sulfonamides is 1. The van der Waals surface area contributed by atoms with Crippen molar-refractivity contribution in [3.8, 4) is 5.69 Å². The molecule has 8 nitrogen and oxygen atoms in total. The first-order valence-electron chi connectivity index (χ1n) is 15.2. The number of imidazole rings is 1. The number of carboxylic acid groups (broad SMARTS) is 1. The lowest BCUT2D eigenvalue weighted by Gasteiger charge is -2.28. The van der Waals surface area contributed by atoms with Gasteiger partial charge in [-0.3, -0.25) is 9.36 Å². The lowest BCUT2D eigenvalue weighted by Crippen LogP contribution is -2.42. The van der Waals surface area contributed by atoms with Crippen molar-refractivity contribution in [2.24, 2.45) is 0 Å². The number of halogens is 5. The van der Waals surface area contributed by atoms with Crippen LogP contribution in [-0.2, 0) is 26.0 Å². The highest BCUT2D eigenvalue weighted by Crippen LogP contribution is 2.39. The van der Waals surface area contributed by atoms with E-state index in [1.54, 1.807) is 30.5 Å². The molecule has 0 saturated heterocycles. The van der Waals surface area contributed by atoms with Crippen LogP contribution >= 0.6 is 46.6 Å². The van der Waals surface area contributed by atoms with E-state index in [1.165, 1.54) is 19.2 Å². The van der Waals surface area contributed by atoms with Crippen LogP contribution in [0, 0.1) is 11.6 Å². The number of hydrogen-bond acceptors (Lipinski definition) is 6. The number of carbonyl (C=O) groups is 1. The number of carboxylic acids is 1. The smallest absolute Gasteiger partial charge is 0.322 e. The summed E-state index contributed by atoms with van der Waals surface area (Å²) in [5.74, 6) is -2.62. The van der Waals surface area contributed by atoms with Crippen molar-refractivity contribution < 1.29 is 27.1 Å². The minimum absolute atomic E-state index is 0.0324. The van der Waals surface area contributed by atoms with Gasteiger partial charge in [0, 0.05) is 34.5 Å². The van der Waals surface area contributed by atoms with Gasteiger partial charge < -0.3 is 10.0 Å². The Hall–Kier alpha value is -2.71. The van der Waals surface area contributed by atoms with Gasteiger partial charge >= 0.3 is 5.97 Å². The maximum Gasteiger partial charge on any atom is 0.322 e. The molecule has 1 heterocycles. The van der Waals surface area contributed by atoms with Crippen LogP contribution in [0.4, 0.5) is 8.78 Å². The number of nitrogens with zero attached hydrogens (tertiary/aromatic N) is 4. The van der Waals surface area contributed by atoms with Crippen LogP contribution in [0.1, 0.15) is 49.9 Å². The zero-order chi connectivity index (χ0) is 36.3. The SMILES string of the molecule is CN(C)CCCC[C@@H](C(=O)O)N(C)S(=O)(=O)c1cc(F)c(CSc2ncc(C(C)(C)c3ccc(Cl)c(Cl)c3)n2-c2ccc(F)cc2)c(Cl)c1. The van der Waals surface area contributed by atoms with Crippen LogP contribution in [-0.4, -0.2) is 72.0 Å². The summed E-state index contributed by atoms with van der Waals surface area (Å²) in [4.78, 5) is 18.1. The molecule has 3 aromatic carbocycles. The topological polar surface area (TPSA) is 95.7 Å². The third-order valence-electron chi connectivity index (χ3n) is 8.29. The Bertz CT molecular complexity index is 1900. The molecule has 0 radical (unpaired) electrons. The first-order valence-corrected chi connectivity index (χ1v) is 18.8. The Balaban J connectivity index is 1.64. The van der Waals surface area contributed by atoms with Gasteiger partial charge in [0.1, 0.15) is 17.7 Å². The zero-order valence-corrected chi connectivity index (χ0v) is 31.5. The molecule has 15 heteroatoms. The molecule has 0 bridgehead atoms. The standard InChI is InChI=1S/C34H37Cl3F2N4O4S2/c1-34(2,21-9-14-26(35)28(37)16-21)31-19-40-33(43(31)23-12-10-22(38)11-13-23)48-20-25-27(36)17-24(18-29(25)39)49(46,47)42(5)30(32(44)45)8-6-7-15-41(3)4/h9-14,16-19,30H,6-8,15,20H2,1-5H3,(H,44,45)/t30-/m0/s1. The summed E-state index contributed by atoms with van der Waals surface area (Å²) in [5.41, 5.74) is 1.54. The number of hydrogen-bond donors (Lipinski definition) is 1. The number of rotatable bonds is 15. The second-order valence-electron chi connectivity index (χ2n) is 12.3. The maximum absolute atomic E-state index is 15.7. The molecule has 0 spiro atoms. The van der Waals surface area contributed by atoms with Gasteiger partial charge in [0.25, 0.3) is 0 Å². The third-order valence-corrected chi connectivity index (χ3v) is 12.2. The molecule has 0 unspecified atom stereocenters. The molecule has 0 aliphatic carbocycles. The normalized spacial score (nSPS) is 13.0. The first-order chi connectivity index (χ1) is 22.9. The highest BCUT2D eigenvalue weighted by atomic mass is 35.5. The minimum atomic E-state index is -4.41. The Morgan fingerprint density at radius 1 is 0.980 bits per heavy atom. The highest BCUT2D eigenvalue weighted by Gasteiger charge is 2.34. The van der Waals surface area contributed by atoms with Gasteiger partial charge in [0.15, 0.2) is 5.16 Å². The Morgan fingerprint density at radius 3 is 2.24 bits per heavy atom. The molecule has 1 N–H and O–H groups in total. The van der Waals surface area contributed by atoms with Crippen molar-refractivity contribution >= 4 is 62.6 Å². The molecule has 0 aliphatic heterocycles. The van der Waals surface area contributed by atoms with E-state index in [0.717, 1.165) is 46.0 Å². The van der Waals surface area contributed by atoms with Crippen LogP contribution in [0.15, 0.2) is 70.8 Å². The summed E-state index contributed by atoms with van der Waals surface area (Å²) in [7, 11) is 0.541. The summed E-state index contributed by atoms with van der Waals surface area (Å²) >= 11 is 20.2. The van der Waals surface area contributed by atoms with Gasteiger partial charge in [-0.25, -0.2) is 22.2 Å².